The molecule has 0 spiro atoms. The van der Waals surface area contributed by atoms with Crippen molar-refractivity contribution >= 4 is 5.97 Å². The van der Waals surface area contributed by atoms with Crippen LogP contribution in [0, 0.1) is 6.92 Å². The molecule has 0 saturated heterocycles. The first-order chi connectivity index (χ1) is 11.3. The highest BCUT2D eigenvalue weighted by Crippen LogP contribution is 2.22. The summed E-state index contributed by atoms with van der Waals surface area (Å²) in [4.78, 5) is 20.3. The number of benzene rings is 1. The van der Waals surface area contributed by atoms with Gasteiger partial charge in [-0.05, 0) is 43.2 Å². The molecule has 0 unspecified atom stereocenters. The van der Waals surface area contributed by atoms with Crippen LogP contribution in [0.25, 0.3) is 0 Å². The number of esters is 1. The maximum Gasteiger partial charge on any atom is 0.357 e. The lowest BCUT2D eigenvalue weighted by Crippen LogP contribution is -2.12. The molecule has 0 bridgehead atoms. The Balaban J connectivity index is 2.09. The van der Waals surface area contributed by atoms with E-state index in [4.69, 9.17) is 4.74 Å². The Morgan fingerprint density at radius 1 is 1.08 bits per heavy atom. The molecule has 128 valence electrons. The summed E-state index contributed by atoms with van der Waals surface area (Å²) in [7, 11) is 0. The fraction of sp³-hybridized carbons (Fsp3) is 0.450. The maximum absolute atomic E-state index is 11.9. The summed E-state index contributed by atoms with van der Waals surface area (Å²) in [6.45, 7) is 10.6. The van der Waals surface area contributed by atoms with Gasteiger partial charge in [-0.3, -0.25) is 0 Å². The van der Waals surface area contributed by atoms with Crippen LogP contribution >= 0.6 is 0 Å². The zero-order valence-corrected chi connectivity index (χ0v) is 15.2. The lowest BCUT2D eigenvalue weighted by molar-refractivity contribution is 0.0518. The SMILES string of the molecule is CCOC(=O)c1ncnc(CCc2ccc(C(C)(C)C)cc2)c1C. The van der Waals surface area contributed by atoms with E-state index in [9.17, 15) is 4.79 Å². The van der Waals surface area contributed by atoms with E-state index in [1.165, 1.54) is 17.5 Å². The summed E-state index contributed by atoms with van der Waals surface area (Å²) in [5.74, 6) is -0.381. The lowest BCUT2D eigenvalue weighted by atomic mass is 9.86. The van der Waals surface area contributed by atoms with Crippen molar-refractivity contribution in [3.05, 3.63) is 58.7 Å². The van der Waals surface area contributed by atoms with Crippen molar-refractivity contribution in [2.24, 2.45) is 0 Å². The third kappa shape index (κ3) is 4.40. The van der Waals surface area contributed by atoms with Crippen LogP contribution in [0.2, 0.25) is 0 Å². The molecular weight excluding hydrogens is 300 g/mol. The van der Waals surface area contributed by atoms with E-state index >= 15 is 0 Å². The van der Waals surface area contributed by atoms with Gasteiger partial charge in [-0.2, -0.15) is 0 Å². The van der Waals surface area contributed by atoms with Crippen LogP contribution in [0.15, 0.2) is 30.6 Å². The van der Waals surface area contributed by atoms with E-state index in [1.807, 2.05) is 6.92 Å². The summed E-state index contributed by atoms with van der Waals surface area (Å²) >= 11 is 0. The van der Waals surface area contributed by atoms with E-state index in [1.54, 1.807) is 6.92 Å². The number of hydrogen-bond donors (Lipinski definition) is 0. The summed E-state index contributed by atoms with van der Waals surface area (Å²) < 4.78 is 5.04. The molecule has 0 N–H and O–H groups in total. The first kappa shape index (κ1) is 18.1. The van der Waals surface area contributed by atoms with Gasteiger partial charge in [0.05, 0.1) is 6.61 Å². The maximum atomic E-state index is 11.9. The van der Waals surface area contributed by atoms with Gasteiger partial charge in [0, 0.05) is 11.3 Å². The standard InChI is InChI=1S/C20H26N2O2/c1-6-24-19(23)18-14(2)17(21-13-22-18)12-9-15-7-10-16(11-8-15)20(3,4)5/h7-8,10-11,13H,6,9,12H2,1-5H3. The van der Waals surface area contributed by atoms with Gasteiger partial charge in [-0.15, -0.1) is 0 Å². The third-order valence-electron chi connectivity index (χ3n) is 4.13. The number of rotatable bonds is 5. The predicted octanol–water partition coefficient (Wildman–Crippen LogP) is 4.04. The molecule has 4 heteroatoms. The van der Waals surface area contributed by atoms with Gasteiger partial charge in [0.15, 0.2) is 5.69 Å². The summed E-state index contributed by atoms with van der Waals surface area (Å²) in [6, 6.07) is 8.71. The van der Waals surface area contributed by atoms with E-state index < -0.39 is 0 Å². The van der Waals surface area contributed by atoms with Crippen molar-refractivity contribution in [1.29, 1.82) is 0 Å². The molecular formula is C20H26N2O2. The highest BCUT2D eigenvalue weighted by Gasteiger charge is 2.16. The highest BCUT2D eigenvalue weighted by molar-refractivity contribution is 5.88. The van der Waals surface area contributed by atoms with Gasteiger partial charge >= 0.3 is 5.97 Å². The number of ether oxygens (including phenoxy) is 1. The van der Waals surface area contributed by atoms with Crippen LogP contribution in [0.3, 0.4) is 0 Å². The number of aromatic nitrogens is 2. The molecule has 0 aliphatic rings. The largest absolute Gasteiger partial charge is 0.461 e. The minimum absolute atomic E-state index is 0.163. The zero-order valence-electron chi connectivity index (χ0n) is 15.2. The number of aryl methyl sites for hydroxylation is 2. The monoisotopic (exact) mass is 326 g/mol. The van der Waals surface area contributed by atoms with Crippen molar-refractivity contribution in [1.82, 2.24) is 9.97 Å². The van der Waals surface area contributed by atoms with E-state index in [0.717, 1.165) is 24.1 Å². The molecule has 24 heavy (non-hydrogen) atoms. The molecule has 0 aliphatic carbocycles. The fourth-order valence-electron chi connectivity index (χ4n) is 2.58. The summed E-state index contributed by atoms with van der Waals surface area (Å²) in [5, 5.41) is 0. The number of carbonyl (C=O) groups excluding carboxylic acids is 1. The summed E-state index contributed by atoms with van der Waals surface area (Å²) in [5.41, 5.74) is 4.82. The predicted molar refractivity (Wildman–Crippen MR) is 95.3 cm³/mol. The van der Waals surface area contributed by atoms with E-state index in [0.29, 0.717) is 12.3 Å². The lowest BCUT2D eigenvalue weighted by Gasteiger charge is -2.19. The van der Waals surface area contributed by atoms with Crippen LogP contribution in [0.5, 0.6) is 0 Å². The van der Waals surface area contributed by atoms with Crippen molar-refractivity contribution in [3.8, 4) is 0 Å². The van der Waals surface area contributed by atoms with Crippen molar-refractivity contribution in [2.75, 3.05) is 6.61 Å². The molecule has 1 aromatic heterocycles. The van der Waals surface area contributed by atoms with Gasteiger partial charge in [-0.1, -0.05) is 45.0 Å². The first-order valence-corrected chi connectivity index (χ1v) is 8.40. The first-order valence-electron chi connectivity index (χ1n) is 8.40. The average molecular weight is 326 g/mol. The van der Waals surface area contributed by atoms with Crippen LogP contribution in [0.1, 0.15) is 60.6 Å². The molecule has 1 aromatic carbocycles. The second kappa shape index (κ2) is 7.56. The molecule has 2 aromatic rings. The van der Waals surface area contributed by atoms with Crippen molar-refractivity contribution in [2.45, 2.75) is 52.9 Å². The van der Waals surface area contributed by atoms with Gasteiger partial charge in [0.25, 0.3) is 0 Å². The number of hydrogen-bond acceptors (Lipinski definition) is 4. The Kier molecular flexibility index (Phi) is 5.71. The number of nitrogens with zero attached hydrogens (tertiary/aromatic N) is 2. The van der Waals surface area contributed by atoms with E-state index in [2.05, 4.69) is 55.0 Å². The molecule has 0 saturated carbocycles. The minimum Gasteiger partial charge on any atom is -0.461 e. The second-order valence-corrected chi connectivity index (χ2v) is 6.96. The third-order valence-corrected chi connectivity index (χ3v) is 4.13. The van der Waals surface area contributed by atoms with Crippen molar-refractivity contribution < 1.29 is 9.53 Å². The van der Waals surface area contributed by atoms with Gasteiger partial charge in [-0.25, -0.2) is 14.8 Å². The molecule has 0 radical (unpaired) electrons. The van der Waals surface area contributed by atoms with Crippen LogP contribution in [-0.2, 0) is 23.0 Å². The highest BCUT2D eigenvalue weighted by atomic mass is 16.5. The zero-order chi connectivity index (χ0) is 17.7. The van der Waals surface area contributed by atoms with Gasteiger partial charge < -0.3 is 4.74 Å². The Labute approximate surface area is 144 Å². The molecule has 4 nitrogen and oxygen atoms in total. The van der Waals surface area contributed by atoms with Gasteiger partial charge in [0.2, 0.25) is 0 Å². The molecule has 0 amide bonds. The second-order valence-electron chi connectivity index (χ2n) is 6.96. The van der Waals surface area contributed by atoms with Gasteiger partial charge in [0.1, 0.15) is 6.33 Å². The smallest absolute Gasteiger partial charge is 0.357 e. The molecule has 2 rings (SSSR count). The van der Waals surface area contributed by atoms with Crippen LogP contribution in [-0.4, -0.2) is 22.5 Å². The Morgan fingerprint density at radius 3 is 2.33 bits per heavy atom. The normalized spacial score (nSPS) is 11.4. The molecule has 0 fully saturated rings. The molecule has 1 heterocycles. The Morgan fingerprint density at radius 2 is 1.75 bits per heavy atom. The Bertz CT molecular complexity index is 701. The summed E-state index contributed by atoms with van der Waals surface area (Å²) in [6.07, 6.45) is 3.09. The van der Waals surface area contributed by atoms with Crippen molar-refractivity contribution in [3.63, 3.8) is 0 Å². The van der Waals surface area contributed by atoms with E-state index in [-0.39, 0.29) is 11.4 Å². The minimum atomic E-state index is -0.381. The topological polar surface area (TPSA) is 52.1 Å². The average Bonchev–Trinajstić information content (AvgIpc) is 2.53. The molecule has 0 aliphatic heterocycles. The Hall–Kier alpha value is -2.23. The van der Waals surface area contributed by atoms with Crippen LogP contribution < -0.4 is 0 Å². The molecule has 0 atom stereocenters. The van der Waals surface area contributed by atoms with Crippen LogP contribution in [0.4, 0.5) is 0 Å². The fourth-order valence-corrected chi connectivity index (χ4v) is 2.58. The number of carbonyl (C=O) groups is 1. The quantitative estimate of drug-likeness (QED) is 0.778.